The van der Waals surface area contributed by atoms with Gasteiger partial charge in [-0.3, -0.25) is 14.5 Å². The van der Waals surface area contributed by atoms with Crippen molar-refractivity contribution in [3.8, 4) is 23.0 Å². The summed E-state index contributed by atoms with van der Waals surface area (Å²) in [7, 11) is 6.41. The molecule has 4 aromatic carbocycles. The van der Waals surface area contributed by atoms with Gasteiger partial charge in [0.05, 0.1) is 34.0 Å². The van der Waals surface area contributed by atoms with Crippen LogP contribution in [0.2, 0.25) is 0 Å². The van der Waals surface area contributed by atoms with E-state index in [1.165, 1.54) is 23.8 Å². The lowest BCUT2D eigenvalue weighted by molar-refractivity contribution is 0.102. The second-order valence-electron chi connectivity index (χ2n) is 11.1. The Hall–Kier alpha value is -4.82. The highest BCUT2D eigenvalue weighted by Gasteiger charge is 2.20. The van der Waals surface area contributed by atoms with Crippen LogP contribution in [0, 0.1) is 0 Å². The molecule has 1 aliphatic rings. The number of rotatable bonds is 13. The van der Waals surface area contributed by atoms with Crippen LogP contribution in [0.4, 0.5) is 5.69 Å². The Morgan fingerprint density at radius 1 is 0.733 bits per heavy atom. The summed E-state index contributed by atoms with van der Waals surface area (Å²) in [6.45, 7) is 3.01. The van der Waals surface area contributed by atoms with Crippen molar-refractivity contribution in [2.24, 2.45) is 0 Å². The quantitative estimate of drug-likeness (QED) is 0.135. The van der Waals surface area contributed by atoms with Gasteiger partial charge in [-0.25, -0.2) is 0 Å². The van der Waals surface area contributed by atoms with Crippen molar-refractivity contribution < 1.29 is 28.5 Å². The van der Waals surface area contributed by atoms with Gasteiger partial charge in [0.2, 0.25) is 0 Å². The maximum absolute atomic E-state index is 13.3. The standard InChI is InChI=1S/C37H40N2O6/c1-42-31-10-7-9-27(20-31)36(40)28-13-16-33(43-2)32(21-28)37(41)38-30-14-11-25(12-15-30)8-5-6-18-39-19-17-26-22-34(44-3)35(45-4)23-29(26)24-39/h7,9-16,20-23H,5-6,8,17-19,24H2,1-4H3,(H,38,41). The average Bonchev–Trinajstić information content (AvgIpc) is 3.09. The monoisotopic (exact) mass is 608 g/mol. The van der Waals surface area contributed by atoms with Crippen molar-refractivity contribution in [1.82, 2.24) is 4.90 Å². The summed E-state index contributed by atoms with van der Waals surface area (Å²) in [5, 5.41) is 2.94. The summed E-state index contributed by atoms with van der Waals surface area (Å²) in [5.41, 5.74) is 5.69. The molecule has 0 saturated heterocycles. The molecule has 0 saturated carbocycles. The molecule has 0 fully saturated rings. The van der Waals surface area contributed by atoms with Crippen LogP contribution in [0.15, 0.2) is 78.9 Å². The van der Waals surface area contributed by atoms with Gasteiger partial charge in [0.1, 0.15) is 11.5 Å². The van der Waals surface area contributed by atoms with Gasteiger partial charge in [-0.05, 0) is 104 Å². The van der Waals surface area contributed by atoms with Crippen molar-refractivity contribution in [3.05, 3.63) is 112 Å². The second kappa shape index (κ2) is 14.8. The topological polar surface area (TPSA) is 86.3 Å². The predicted molar refractivity (Wildman–Crippen MR) is 175 cm³/mol. The van der Waals surface area contributed by atoms with Crippen LogP contribution in [0.25, 0.3) is 0 Å². The lowest BCUT2D eigenvalue weighted by atomic mass is 9.98. The third-order valence-electron chi connectivity index (χ3n) is 8.24. The molecule has 0 bridgehead atoms. The van der Waals surface area contributed by atoms with Crippen LogP contribution in [0.1, 0.15) is 55.8 Å². The molecule has 4 aromatic rings. The number of aryl methyl sites for hydroxylation is 1. The number of ether oxygens (including phenoxy) is 4. The fourth-order valence-corrected chi connectivity index (χ4v) is 5.71. The van der Waals surface area contributed by atoms with E-state index in [1.54, 1.807) is 63.8 Å². The molecule has 8 nitrogen and oxygen atoms in total. The lowest BCUT2D eigenvalue weighted by Gasteiger charge is -2.29. The number of ketones is 1. The largest absolute Gasteiger partial charge is 0.497 e. The number of methoxy groups -OCH3 is 4. The van der Waals surface area contributed by atoms with Crippen LogP contribution in [-0.2, 0) is 19.4 Å². The van der Waals surface area contributed by atoms with E-state index >= 15 is 0 Å². The molecule has 0 atom stereocenters. The van der Waals surface area contributed by atoms with Gasteiger partial charge in [0.25, 0.3) is 5.91 Å². The molecule has 5 rings (SSSR count). The number of hydrogen-bond donors (Lipinski definition) is 1. The van der Waals surface area contributed by atoms with Gasteiger partial charge >= 0.3 is 0 Å². The molecule has 234 valence electrons. The van der Waals surface area contributed by atoms with E-state index in [2.05, 4.69) is 22.3 Å². The smallest absolute Gasteiger partial charge is 0.259 e. The molecule has 45 heavy (non-hydrogen) atoms. The van der Waals surface area contributed by atoms with E-state index in [9.17, 15) is 9.59 Å². The number of nitrogens with one attached hydrogen (secondary N) is 1. The highest BCUT2D eigenvalue weighted by Crippen LogP contribution is 2.33. The van der Waals surface area contributed by atoms with Crippen LogP contribution < -0.4 is 24.3 Å². The van der Waals surface area contributed by atoms with Crippen LogP contribution >= 0.6 is 0 Å². The zero-order valence-corrected chi connectivity index (χ0v) is 26.4. The second-order valence-corrected chi connectivity index (χ2v) is 11.1. The van der Waals surface area contributed by atoms with Crippen LogP contribution in [-0.4, -0.2) is 58.1 Å². The predicted octanol–water partition coefficient (Wildman–Crippen LogP) is 6.59. The van der Waals surface area contributed by atoms with E-state index in [4.69, 9.17) is 18.9 Å². The first kappa shape index (κ1) is 31.6. The van der Waals surface area contributed by atoms with Gasteiger partial charge in [-0.1, -0.05) is 24.3 Å². The minimum absolute atomic E-state index is 0.207. The number of fused-ring (bicyclic) bond motifs is 1. The number of carbonyl (C=O) groups is 2. The molecule has 0 radical (unpaired) electrons. The van der Waals surface area contributed by atoms with Gasteiger partial charge in [-0.15, -0.1) is 0 Å². The van der Waals surface area contributed by atoms with Crippen molar-refractivity contribution in [2.75, 3.05) is 46.8 Å². The summed E-state index contributed by atoms with van der Waals surface area (Å²) in [5.74, 6) is 2.00. The first-order valence-corrected chi connectivity index (χ1v) is 15.2. The molecular formula is C37H40N2O6. The van der Waals surface area contributed by atoms with Gasteiger partial charge < -0.3 is 24.3 Å². The van der Waals surface area contributed by atoms with Gasteiger partial charge in [-0.2, -0.15) is 0 Å². The summed E-state index contributed by atoms with van der Waals surface area (Å²) < 4.78 is 21.6. The van der Waals surface area contributed by atoms with E-state index in [0.29, 0.717) is 28.3 Å². The van der Waals surface area contributed by atoms with E-state index in [1.807, 2.05) is 24.3 Å². The fraction of sp³-hybridized carbons (Fsp3) is 0.297. The maximum Gasteiger partial charge on any atom is 0.259 e. The van der Waals surface area contributed by atoms with Crippen molar-refractivity contribution in [3.63, 3.8) is 0 Å². The zero-order valence-electron chi connectivity index (χ0n) is 26.4. The summed E-state index contributed by atoms with van der Waals surface area (Å²) in [6, 6.07) is 23.9. The van der Waals surface area contributed by atoms with E-state index in [-0.39, 0.29) is 17.3 Å². The minimum atomic E-state index is -0.348. The van der Waals surface area contributed by atoms with Crippen LogP contribution in [0.5, 0.6) is 23.0 Å². The normalized spacial score (nSPS) is 12.6. The molecule has 1 heterocycles. The Morgan fingerprint density at radius 3 is 2.16 bits per heavy atom. The zero-order chi connectivity index (χ0) is 31.8. The molecule has 0 aliphatic carbocycles. The Morgan fingerprint density at radius 2 is 1.44 bits per heavy atom. The molecule has 0 aromatic heterocycles. The van der Waals surface area contributed by atoms with Crippen molar-refractivity contribution in [1.29, 1.82) is 0 Å². The third-order valence-corrected chi connectivity index (χ3v) is 8.24. The number of benzene rings is 4. The number of carbonyl (C=O) groups excluding carboxylic acids is 2. The Bertz CT molecular complexity index is 1650. The van der Waals surface area contributed by atoms with Gasteiger partial charge in [0.15, 0.2) is 17.3 Å². The molecule has 0 spiro atoms. The molecular weight excluding hydrogens is 568 g/mol. The Kier molecular flexibility index (Phi) is 10.4. The molecule has 1 N–H and O–H groups in total. The van der Waals surface area contributed by atoms with Crippen LogP contribution in [0.3, 0.4) is 0 Å². The summed E-state index contributed by atoms with van der Waals surface area (Å²) in [6.07, 6.45) is 4.15. The molecule has 0 unspecified atom stereocenters. The highest BCUT2D eigenvalue weighted by atomic mass is 16.5. The molecule has 1 aliphatic heterocycles. The average molecular weight is 609 g/mol. The summed E-state index contributed by atoms with van der Waals surface area (Å²) in [4.78, 5) is 28.9. The number of unbranched alkanes of at least 4 members (excludes halogenated alkanes) is 1. The minimum Gasteiger partial charge on any atom is -0.497 e. The Balaban J connectivity index is 1.13. The Labute approximate surface area is 264 Å². The first-order chi connectivity index (χ1) is 21.9. The first-order valence-electron chi connectivity index (χ1n) is 15.2. The molecule has 8 heteroatoms. The number of hydrogen-bond acceptors (Lipinski definition) is 7. The molecule has 1 amide bonds. The van der Waals surface area contributed by atoms with Crippen molar-refractivity contribution >= 4 is 17.4 Å². The third kappa shape index (κ3) is 7.64. The van der Waals surface area contributed by atoms with E-state index in [0.717, 1.165) is 56.8 Å². The maximum atomic E-state index is 13.3. The van der Waals surface area contributed by atoms with E-state index < -0.39 is 0 Å². The van der Waals surface area contributed by atoms with Gasteiger partial charge in [0, 0.05) is 29.9 Å². The fourth-order valence-electron chi connectivity index (χ4n) is 5.71. The lowest BCUT2D eigenvalue weighted by Crippen LogP contribution is -2.31. The number of amides is 1. The number of nitrogens with zero attached hydrogens (tertiary/aromatic N) is 1. The highest BCUT2D eigenvalue weighted by molar-refractivity contribution is 6.12. The SMILES string of the molecule is COc1cccc(C(=O)c2ccc(OC)c(C(=O)Nc3ccc(CCCCN4CCc5cc(OC)c(OC)cc5C4)cc3)c2)c1. The van der Waals surface area contributed by atoms with Crippen molar-refractivity contribution in [2.45, 2.75) is 32.2 Å². The summed E-state index contributed by atoms with van der Waals surface area (Å²) >= 11 is 0. The number of anilines is 1.